The predicted molar refractivity (Wildman–Crippen MR) is 76.4 cm³/mol. The van der Waals surface area contributed by atoms with Crippen LogP contribution in [0.3, 0.4) is 0 Å². The molecule has 1 heterocycles. The number of rotatable bonds is 4. The summed E-state index contributed by atoms with van der Waals surface area (Å²) in [5.74, 6) is -0.228. The summed E-state index contributed by atoms with van der Waals surface area (Å²) in [6.07, 6.45) is 3.84. The number of hydrogen-bond acceptors (Lipinski definition) is 2. The van der Waals surface area contributed by atoms with Crippen LogP contribution in [0.2, 0.25) is 0 Å². The molecule has 0 unspecified atom stereocenters. The molecule has 0 fully saturated rings. The van der Waals surface area contributed by atoms with Gasteiger partial charge in [0.2, 0.25) is 0 Å². The van der Waals surface area contributed by atoms with Gasteiger partial charge >= 0.3 is 0 Å². The van der Waals surface area contributed by atoms with Gasteiger partial charge in [0.1, 0.15) is 11.5 Å². The average molecular weight is 261 g/mol. The first-order valence-corrected chi connectivity index (χ1v) is 6.68. The van der Waals surface area contributed by atoms with Gasteiger partial charge in [-0.25, -0.2) is 4.39 Å². The van der Waals surface area contributed by atoms with Crippen molar-refractivity contribution in [1.82, 2.24) is 9.78 Å². The van der Waals surface area contributed by atoms with Crippen molar-refractivity contribution < 1.29 is 4.39 Å². The quantitative estimate of drug-likeness (QED) is 0.905. The van der Waals surface area contributed by atoms with Crippen LogP contribution < -0.4 is 5.73 Å². The van der Waals surface area contributed by atoms with Crippen LogP contribution in [-0.2, 0) is 0 Å². The molecule has 2 rings (SSSR count). The van der Waals surface area contributed by atoms with Crippen LogP contribution in [0.5, 0.6) is 0 Å². The fraction of sp³-hybridized carbons (Fsp3) is 0.400. The fourth-order valence-electron chi connectivity index (χ4n) is 2.22. The van der Waals surface area contributed by atoms with E-state index in [0.717, 1.165) is 18.4 Å². The molecule has 2 aromatic rings. The highest BCUT2D eigenvalue weighted by atomic mass is 19.1. The van der Waals surface area contributed by atoms with Gasteiger partial charge in [0.05, 0.1) is 11.7 Å². The van der Waals surface area contributed by atoms with Crippen molar-refractivity contribution in [1.29, 1.82) is 0 Å². The van der Waals surface area contributed by atoms with Gasteiger partial charge in [-0.15, -0.1) is 0 Å². The summed E-state index contributed by atoms with van der Waals surface area (Å²) in [6, 6.07) is 5.44. The predicted octanol–water partition coefficient (Wildman–Crippen LogP) is 3.94. The van der Waals surface area contributed by atoms with Crippen LogP contribution in [0.25, 0.3) is 11.3 Å². The summed E-state index contributed by atoms with van der Waals surface area (Å²) >= 11 is 0. The smallest absolute Gasteiger partial charge is 0.126 e. The van der Waals surface area contributed by atoms with Crippen LogP contribution in [0, 0.1) is 12.7 Å². The van der Waals surface area contributed by atoms with Gasteiger partial charge < -0.3 is 5.73 Å². The molecule has 0 aliphatic heterocycles. The lowest BCUT2D eigenvalue weighted by atomic mass is 10.1. The molecule has 1 aromatic carbocycles. The summed E-state index contributed by atoms with van der Waals surface area (Å²) in [6.45, 7) is 5.99. The van der Waals surface area contributed by atoms with Gasteiger partial charge in [-0.1, -0.05) is 26.0 Å². The van der Waals surface area contributed by atoms with E-state index in [2.05, 4.69) is 18.9 Å². The molecular weight excluding hydrogens is 241 g/mol. The second kappa shape index (κ2) is 5.43. The minimum absolute atomic E-state index is 0.228. The molecule has 0 atom stereocenters. The molecule has 1 aromatic heterocycles. The molecule has 2 N–H and O–H groups in total. The molecule has 0 aliphatic carbocycles. The maximum Gasteiger partial charge on any atom is 0.126 e. The van der Waals surface area contributed by atoms with E-state index in [1.54, 1.807) is 13.0 Å². The summed E-state index contributed by atoms with van der Waals surface area (Å²) in [5, 5.41) is 4.52. The lowest BCUT2D eigenvalue weighted by Crippen LogP contribution is -2.07. The normalized spacial score (nSPS) is 11.2. The molecule has 19 heavy (non-hydrogen) atoms. The van der Waals surface area contributed by atoms with Crippen LogP contribution >= 0.6 is 0 Å². The maximum absolute atomic E-state index is 13.6. The van der Waals surface area contributed by atoms with Crippen molar-refractivity contribution in [3.63, 3.8) is 0 Å². The Bertz CT molecular complexity index is 571. The van der Waals surface area contributed by atoms with Crippen molar-refractivity contribution >= 4 is 5.69 Å². The van der Waals surface area contributed by atoms with Gasteiger partial charge in [0, 0.05) is 11.8 Å². The number of halogens is 1. The third kappa shape index (κ3) is 2.62. The van der Waals surface area contributed by atoms with Crippen LogP contribution in [0.1, 0.15) is 38.3 Å². The molecule has 102 valence electrons. The van der Waals surface area contributed by atoms with Crippen molar-refractivity contribution in [3.05, 3.63) is 35.8 Å². The SMILES string of the molecule is CCC(CC)n1cc(N)c(-c2ccc(C)c(F)c2)n1. The van der Waals surface area contributed by atoms with E-state index < -0.39 is 0 Å². The van der Waals surface area contributed by atoms with E-state index in [1.165, 1.54) is 6.07 Å². The van der Waals surface area contributed by atoms with E-state index in [4.69, 9.17) is 5.73 Å². The summed E-state index contributed by atoms with van der Waals surface area (Å²) in [4.78, 5) is 0. The summed E-state index contributed by atoms with van der Waals surface area (Å²) < 4.78 is 15.5. The first-order valence-electron chi connectivity index (χ1n) is 6.68. The van der Waals surface area contributed by atoms with Gasteiger partial charge in [-0.2, -0.15) is 5.10 Å². The van der Waals surface area contributed by atoms with Crippen LogP contribution in [0.4, 0.5) is 10.1 Å². The lowest BCUT2D eigenvalue weighted by molar-refractivity contribution is 0.429. The second-order valence-corrected chi connectivity index (χ2v) is 4.85. The molecule has 4 heteroatoms. The van der Waals surface area contributed by atoms with Gasteiger partial charge in [0.25, 0.3) is 0 Å². The highest BCUT2D eigenvalue weighted by molar-refractivity contribution is 5.72. The number of anilines is 1. The standard InChI is InChI=1S/C15H20FN3/c1-4-12(5-2)19-9-14(17)15(18-19)11-7-6-10(3)13(16)8-11/h6-9,12H,4-5,17H2,1-3H3. The lowest BCUT2D eigenvalue weighted by Gasteiger charge is -2.12. The molecule has 0 amide bonds. The van der Waals surface area contributed by atoms with Crippen LogP contribution in [-0.4, -0.2) is 9.78 Å². The zero-order valence-electron chi connectivity index (χ0n) is 11.7. The van der Waals surface area contributed by atoms with Crippen molar-refractivity contribution in [3.8, 4) is 11.3 Å². The van der Waals surface area contributed by atoms with E-state index in [9.17, 15) is 4.39 Å². The van der Waals surface area contributed by atoms with Crippen LogP contribution in [0.15, 0.2) is 24.4 Å². The molecule has 3 nitrogen and oxygen atoms in total. The fourth-order valence-corrected chi connectivity index (χ4v) is 2.22. The highest BCUT2D eigenvalue weighted by Gasteiger charge is 2.14. The number of nitrogens with two attached hydrogens (primary N) is 1. The number of benzene rings is 1. The average Bonchev–Trinajstić information content (AvgIpc) is 2.76. The number of aromatic nitrogens is 2. The van der Waals surface area contributed by atoms with Gasteiger partial charge in [-0.3, -0.25) is 4.68 Å². The number of hydrogen-bond donors (Lipinski definition) is 1. The van der Waals surface area contributed by atoms with Gasteiger partial charge in [0.15, 0.2) is 0 Å². The van der Waals surface area contributed by atoms with Crippen molar-refractivity contribution in [2.75, 3.05) is 5.73 Å². The van der Waals surface area contributed by atoms with E-state index in [-0.39, 0.29) is 5.82 Å². The Morgan fingerprint density at radius 1 is 1.32 bits per heavy atom. The molecule has 0 aliphatic rings. The minimum atomic E-state index is -0.228. The Morgan fingerprint density at radius 3 is 2.58 bits per heavy atom. The molecule has 0 spiro atoms. The molecule has 0 saturated carbocycles. The van der Waals surface area contributed by atoms with Crippen molar-refractivity contribution in [2.45, 2.75) is 39.7 Å². The first kappa shape index (κ1) is 13.6. The Labute approximate surface area is 113 Å². The Kier molecular flexibility index (Phi) is 3.88. The summed E-state index contributed by atoms with van der Waals surface area (Å²) in [5.41, 5.74) is 8.61. The summed E-state index contributed by atoms with van der Waals surface area (Å²) in [7, 11) is 0. The second-order valence-electron chi connectivity index (χ2n) is 4.85. The minimum Gasteiger partial charge on any atom is -0.396 e. The van der Waals surface area contributed by atoms with E-state index in [1.807, 2.05) is 16.9 Å². The highest BCUT2D eigenvalue weighted by Crippen LogP contribution is 2.28. The topological polar surface area (TPSA) is 43.8 Å². The molecular formula is C15H20FN3. The Hall–Kier alpha value is -1.84. The Morgan fingerprint density at radius 2 is 2.00 bits per heavy atom. The monoisotopic (exact) mass is 261 g/mol. The van der Waals surface area contributed by atoms with E-state index in [0.29, 0.717) is 23.0 Å². The largest absolute Gasteiger partial charge is 0.396 e. The molecule has 0 bridgehead atoms. The maximum atomic E-state index is 13.6. The molecule has 0 radical (unpaired) electrons. The molecule has 0 saturated heterocycles. The number of nitrogens with zero attached hydrogens (tertiary/aromatic N) is 2. The zero-order chi connectivity index (χ0) is 14.0. The third-order valence-electron chi connectivity index (χ3n) is 3.52. The van der Waals surface area contributed by atoms with Crippen molar-refractivity contribution in [2.24, 2.45) is 0 Å². The number of nitrogen functional groups attached to an aromatic ring is 1. The first-order chi connectivity index (χ1) is 9.06. The third-order valence-corrected chi connectivity index (χ3v) is 3.52. The van der Waals surface area contributed by atoms with Gasteiger partial charge in [-0.05, 0) is 31.4 Å². The van der Waals surface area contributed by atoms with E-state index >= 15 is 0 Å². The number of aryl methyl sites for hydroxylation is 1. The zero-order valence-corrected chi connectivity index (χ0v) is 11.7. The Balaban J connectivity index is 2.42.